The van der Waals surface area contributed by atoms with E-state index in [4.69, 9.17) is 5.48 Å². The monoisotopic (exact) mass is 1270 g/mol. The molecule has 95 heavy (non-hydrogen) atoms. The Morgan fingerprint density at radius 2 is 0.800 bits per heavy atom. The Kier molecular flexibility index (Phi) is 22.2. The molecule has 0 N–H and O–H groups in total. The van der Waals surface area contributed by atoms with Crippen LogP contribution in [0, 0.1) is 114 Å². The highest BCUT2D eigenvalue weighted by molar-refractivity contribution is 6.09. The molecular weight excluding hydrogens is 1180 g/mol. The lowest BCUT2D eigenvalue weighted by Crippen LogP contribution is -1.96. The van der Waals surface area contributed by atoms with Gasteiger partial charge in [-0.25, -0.2) is 23.1 Å². The van der Waals surface area contributed by atoms with E-state index in [1.165, 1.54) is 90.5 Å². The van der Waals surface area contributed by atoms with Crippen LogP contribution in [0.2, 0.25) is 0 Å². The minimum Gasteiger partial charge on any atom is -0.344 e. The maximum absolute atomic E-state index is 12.6. The number of rotatable bonds is 1. The van der Waals surface area contributed by atoms with E-state index >= 15 is 0 Å². The summed E-state index contributed by atoms with van der Waals surface area (Å²) in [7, 11) is 4.25. The van der Waals surface area contributed by atoms with Crippen LogP contribution in [0.5, 0.6) is 0 Å². The standard InChI is InChI=1S/C17H15N.2C14H13N.C10H10N2.C8H7F3.C8H10.C7H9N.C6H8N2/c1-12-15-10-6-7-11-16(15)17(13(2)18-12)14-8-4-3-5-9-14;1-10-7-8-14-12(9-10)11-5-3-4-6-13(11)15(14)2;1-10-7-8-12-11-5-3-4-6-13(11)15(2)14(12)9-10;1-7-9-5-3-4-6-10(9)12-8(2)11-7;1-4-3-6(9)5(2)8(11)7(4)10;1-7-3-5-8(2)6-4-7;1-6-4-3-5-7(2)8-6;1-5-3-7-4-6(2)8-5/h3-11H,1-2H3;2*3-9H,1-2H3;3-6H,1-2H3;3H,1-2H3;3-6H,1-2H3;3-5H,1-2H3;3-4H,1-2H3/i;;;;;3D,4D,5D,6D;;. The van der Waals surface area contributed by atoms with Crippen molar-refractivity contribution in [3.8, 4) is 11.1 Å². The fraction of sp³-hybridized carbons (Fsp3) is 0.190. The van der Waals surface area contributed by atoms with Crippen LogP contribution in [-0.4, -0.2) is 39.0 Å². The van der Waals surface area contributed by atoms with Crippen LogP contribution in [0.15, 0.2) is 225 Å². The Bertz CT molecular complexity index is 5130. The summed E-state index contributed by atoms with van der Waals surface area (Å²) in [6.45, 7) is 25.9. The van der Waals surface area contributed by atoms with E-state index in [0.717, 1.165) is 62.7 Å². The number of para-hydroxylation sites is 3. The predicted octanol–water partition coefficient (Wildman–Crippen LogP) is 21.9. The van der Waals surface area contributed by atoms with E-state index in [-0.39, 0.29) is 35.3 Å². The zero-order chi connectivity index (χ0) is 71.9. The molecule has 0 bridgehead atoms. The topological polar surface area (TPSA) is 87.2 Å². The molecule has 8 nitrogen and oxygen atoms in total. The Hall–Kier alpha value is -10.7. The summed E-state index contributed by atoms with van der Waals surface area (Å²) in [6, 6.07) is 64.6. The van der Waals surface area contributed by atoms with Gasteiger partial charge in [0.15, 0.2) is 11.6 Å². The van der Waals surface area contributed by atoms with Crippen molar-refractivity contribution in [2.75, 3.05) is 0 Å². The van der Waals surface area contributed by atoms with Crippen LogP contribution in [0.25, 0.3) is 76.4 Å². The molecule has 0 unspecified atom stereocenters. The predicted molar refractivity (Wildman–Crippen MR) is 393 cm³/mol. The fourth-order valence-corrected chi connectivity index (χ4v) is 11.0. The summed E-state index contributed by atoms with van der Waals surface area (Å²) in [5, 5.41) is 9.05. The van der Waals surface area contributed by atoms with Crippen molar-refractivity contribution in [2.24, 2.45) is 14.1 Å². The molecule has 0 atom stereocenters. The lowest BCUT2D eigenvalue weighted by Gasteiger charge is -2.12. The van der Waals surface area contributed by atoms with Crippen molar-refractivity contribution in [1.82, 2.24) is 39.0 Å². The van der Waals surface area contributed by atoms with Crippen molar-refractivity contribution in [3.63, 3.8) is 0 Å². The van der Waals surface area contributed by atoms with Gasteiger partial charge in [-0.05, 0) is 174 Å². The average molecular weight is 1270 g/mol. The van der Waals surface area contributed by atoms with E-state index in [2.05, 4.69) is 214 Å². The highest BCUT2D eigenvalue weighted by atomic mass is 19.2. The molecule has 9 aromatic carbocycles. The first-order chi connectivity index (χ1) is 47.2. The molecule has 6 heterocycles. The summed E-state index contributed by atoms with van der Waals surface area (Å²) in [4.78, 5) is 25.5. The van der Waals surface area contributed by atoms with Gasteiger partial charge in [0.25, 0.3) is 0 Å². The first kappa shape index (κ1) is 64.5. The quantitative estimate of drug-likeness (QED) is 0.152. The molecule has 0 aliphatic heterocycles. The number of halogens is 3. The number of benzene rings is 9. The molecule has 11 heteroatoms. The zero-order valence-corrected chi connectivity index (χ0v) is 57.3. The number of aromatic nitrogens is 8. The molecule has 0 aliphatic rings. The Morgan fingerprint density at radius 1 is 0.337 bits per heavy atom. The molecule has 0 radical (unpaired) electrons. The van der Waals surface area contributed by atoms with Crippen molar-refractivity contribution in [1.29, 1.82) is 0 Å². The molecule has 15 rings (SSSR count). The molecule has 0 amide bonds. The number of hydrogen-bond acceptors (Lipinski definition) is 6. The van der Waals surface area contributed by atoms with E-state index < -0.39 is 17.5 Å². The summed E-state index contributed by atoms with van der Waals surface area (Å²) in [5.74, 6) is -1.93. The normalized spacial score (nSPS) is 11.1. The summed E-state index contributed by atoms with van der Waals surface area (Å²) < 4.78 is 72.1. The molecule has 482 valence electrons. The second-order valence-electron chi connectivity index (χ2n) is 23.5. The maximum atomic E-state index is 12.6. The average Bonchev–Trinajstić information content (AvgIpc) is 1.74. The lowest BCUT2D eigenvalue weighted by atomic mass is 9.96. The van der Waals surface area contributed by atoms with Gasteiger partial charge < -0.3 is 9.13 Å². The van der Waals surface area contributed by atoms with Crippen LogP contribution in [0.3, 0.4) is 0 Å². The molecule has 0 aliphatic carbocycles. The Balaban J connectivity index is 0.000000146. The highest BCUT2D eigenvalue weighted by Crippen LogP contribution is 2.33. The first-order valence-corrected chi connectivity index (χ1v) is 31.5. The number of fused-ring (bicyclic) bond motifs is 8. The van der Waals surface area contributed by atoms with Gasteiger partial charge in [-0.3, -0.25) is 19.9 Å². The molecule has 6 aromatic heterocycles. The number of nitrogens with zero attached hydrogens (tertiary/aromatic N) is 8. The van der Waals surface area contributed by atoms with Crippen LogP contribution in [0.1, 0.15) is 84.5 Å². The SMILES string of the molecule is Cc1cc(F)c(C)c(F)c1F.Cc1ccc2c(c1)c1ccccc1n2C.Cc1ccc2c3ccccc3n(C)c2c1.Cc1cccc(C)n1.Cc1cncc(C)n1.Cc1nc(C)c2ccccc2c1-c1ccccc1.Cc1nc(C)c2ccccc2n1.[2H]c1c([2H])c(C)c([2H])c([2H])c1C. The van der Waals surface area contributed by atoms with Gasteiger partial charge in [0, 0.05) is 120 Å². The third-order valence-corrected chi connectivity index (χ3v) is 15.7. The third kappa shape index (κ3) is 18.4. The van der Waals surface area contributed by atoms with E-state index in [1.54, 1.807) is 26.2 Å². The van der Waals surface area contributed by atoms with E-state index in [1.807, 2.05) is 90.1 Å². The Morgan fingerprint density at radius 3 is 1.37 bits per heavy atom. The Labute approximate surface area is 563 Å². The molecule has 0 spiro atoms. The van der Waals surface area contributed by atoms with Crippen LogP contribution in [-0.2, 0) is 14.1 Å². The molecule has 0 saturated carbocycles. The molecule has 15 aromatic rings. The second kappa shape index (κ2) is 32.8. The number of pyridine rings is 2. The lowest BCUT2D eigenvalue weighted by molar-refractivity contribution is 0.480. The second-order valence-corrected chi connectivity index (χ2v) is 23.5. The zero-order valence-electron chi connectivity index (χ0n) is 61.3. The smallest absolute Gasteiger partial charge is 0.164 e. The van der Waals surface area contributed by atoms with Crippen LogP contribution in [0.4, 0.5) is 13.2 Å². The summed E-state index contributed by atoms with van der Waals surface area (Å²) in [6.07, 6.45) is 3.49. The van der Waals surface area contributed by atoms with Crippen molar-refractivity contribution < 1.29 is 18.7 Å². The first-order valence-electron chi connectivity index (χ1n) is 33.5. The van der Waals surface area contributed by atoms with Crippen molar-refractivity contribution in [2.45, 2.75) is 96.9 Å². The number of hydrogen-bond donors (Lipinski definition) is 0. The largest absolute Gasteiger partial charge is 0.344 e. The van der Waals surface area contributed by atoms with Gasteiger partial charge in [-0.2, -0.15) is 0 Å². The molecular formula is C84H85F3N8. The highest BCUT2D eigenvalue weighted by Gasteiger charge is 2.14. The number of aryl methyl sites for hydroxylation is 13. The van der Waals surface area contributed by atoms with Gasteiger partial charge in [0.2, 0.25) is 0 Å². The van der Waals surface area contributed by atoms with E-state index in [9.17, 15) is 13.2 Å². The fourth-order valence-electron chi connectivity index (χ4n) is 11.0. The summed E-state index contributed by atoms with van der Waals surface area (Å²) in [5.41, 5.74) is 19.3. The van der Waals surface area contributed by atoms with Crippen molar-refractivity contribution in [3.05, 3.63) is 321 Å². The third-order valence-electron chi connectivity index (χ3n) is 15.7. The van der Waals surface area contributed by atoms with Gasteiger partial charge in [0.1, 0.15) is 11.6 Å². The molecule has 0 fully saturated rings. The minimum atomic E-state index is -1.09. The van der Waals surface area contributed by atoms with E-state index in [0.29, 0.717) is 11.1 Å². The van der Waals surface area contributed by atoms with Crippen LogP contribution < -0.4 is 0 Å². The molecule has 0 saturated heterocycles. The summed E-state index contributed by atoms with van der Waals surface area (Å²) >= 11 is 0. The van der Waals surface area contributed by atoms with Gasteiger partial charge >= 0.3 is 0 Å². The minimum absolute atomic E-state index is 0.00870. The maximum Gasteiger partial charge on any atom is 0.164 e. The van der Waals surface area contributed by atoms with Gasteiger partial charge in [0.05, 0.1) is 22.4 Å². The van der Waals surface area contributed by atoms with Gasteiger partial charge in [-0.1, -0.05) is 174 Å². The van der Waals surface area contributed by atoms with Crippen LogP contribution >= 0.6 is 0 Å². The van der Waals surface area contributed by atoms with Crippen molar-refractivity contribution >= 4 is 65.3 Å². The van der Waals surface area contributed by atoms with Gasteiger partial charge in [-0.15, -0.1) is 0 Å².